The third-order valence-electron chi connectivity index (χ3n) is 3.55. The maximum Gasteiger partial charge on any atom is 0.263 e. The minimum atomic E-state index is -1.19. The Labute approximate surface area is 164 Å². The number of hydrogen-bond donors (Lipinski definition) is 3. The highest BCUT2D eigenvalue weighted by atomic mass is 35.5. The molecule has 1 heterocycles. The summed E-state index contributed by atoms with van der Waals surface area (Å²) in [4.78, 5) is 24.2. The van der Waals surface area contributed by atoms with E-state index in [1.165, 1.54) is 11.3 Å². The monoisotopic (exact) mass is 401 g/mol. The fraction of sp³-hybridized carbons (Fsp3) is 0.111. The van der Waals surface area contributed by atoms with Crippen LogP contribution < -0.4 is 16.4 Å². The maximum atomic E-state index is 12.2. The van der Waals surface area contributed by atoms with E-state index in [0.29, 0.717) is 10.0 Å². The lowest BCUT2D eigenvalue weighted by molar-refractivity contribution is -0.126. The van der Waals surface area contributed by atoms with E-state index in [0.717, 1.165) is 11.1 Å². The van der Waals surface area contributed by atoms with E-state index in [4.69, 9.17) is 17.3 Å². The van der Waals surface area contributed by atoms with Crippen molar-refractivity contribution in [1.82, 2.24) is 15.5 Å². The molecule has 138 valence electrons. The molecular weight excluding hydrogens is 386 g/mol. The lowest BCUT2D eigenvalue weighted by atomic mass is 10.1. The van der Waals surface area contributed by atoms with Crippen LogP contribution >= 0.6 is 22.9 Å². The molecule has 1 atom stereocenters. The number of nitrogens with one attached hydrogen (secondary N) is 2. The molecule has 0 aliphatic heterocycles. The van der Waals surface area contributed by atoms with Crippen molar-refractivity contribution < 1.29 is 9.59 Å². The second-order valence-electron chi connectivity index (χ2n) is 5.62. The zero-order valence-corrected chi connectivity index (χ0v) is 15.6. The lowest BCUT2D eigenvalue weighted by Gasteiger charge is -2.12. The lowest BCUT2D eigenvalue weighted by Crippen LogP contribution is -2.50. The third kappa shape index (κ3) is 5.33. The topological polar surface area (TPSA) is 110 Å². The number of halogens is 1. The van der Waals surface area contributed by atoms with Gasteiger partial charge in [0.1, 0.15) is 5.01 Å². The van der Waals surface area contributed by atoms with Crippen molar-refractivity contribution in [2.24, 2.45) is 5.73 Å². The fourth-order valence-corrected chi connectivity index (χ4v) is 3.12. The molecule has 0 fully saturated rings. The van der Waals surface area contributed by atoms with Gasteiger partial charge in [-0.15, -0.1) is 10.2 Å². The largest absolute Gasteiger partial charge is 0.332 e. The number of carbonyl (C=O) groups is 2. The van der Waals surface area contributed by atoms with Crippen molar-refractivity contribution in [3.63, 3.8) is 0 Å². The molecule has 2 amide bonds. The molecule has 0 saturated heterocycles. The van der Waals surface area contributed by atoms with Gasteiger partial charge in [-0.05, 0) is 17.7 Å². The Bertz CT molecular complexity index is 930. The van der Waals surface area contributed by atoms with E-state index in [1.54, 1.807) is 12.1 Å². The first-order valence-corrected chi connectivity index (χ1v) is 9.20. The van der Waals surface area contributed by atoms with Gasteiger partial charge in [0.2, 0.25) is 11.0 Å². The summed E-state index contributed by atoms with van der Waals surface area (Å²) in [6, 6.07) is 16.3. The number of nitrogens with two attached hydrogens (primary N) is 1. The average Bonchev–Trinajstić information content (AvgIpc) is 3.11. The van der Waals surface area contributed by atoms with Gasteiger partial charge < -0.3 is 11.1 Å². The van der Waals surface area contributed by atoms with Crippen LogP contribution in [0.2, 0.25) is 5.02 Å². The highest BCUT2D eigenvalue weighted by molar-refractivity contribution is 7.18. The molecule has 0 radical (unpaired) electrons. The first-order valence-electron chi connectivity index (χ1n) is 8.00. The molecule has 0 bridgehead atoms. The zero-order valence-electron chi connectivity index (χ0n) is 14.1. The van der Waals surface area contributed by atoms with Crippen molar-refractivity contribution in [1.29, 1.82) is 0 Å². The molecule has 4 N–H and O–H groups in total. The van der Waals surface area contributed by atoms with Gasteiger partial charge in [0, 0.05) is 10.6 Å². The molecule has 0 saturated carbocycles. The maximum absolute atomic E-state index is 12.2. The first-order chi connectivity index (χ1) is 13.0. The molecule has 7 nitrogen and oxygen atoms in total. The zero-order chi connectivity index (χ0) is 19.2. The highest BCUT2D eigenvalue weighted by Gasteiger charge is 2.18. The molecule has 1 unspecified atom stereocenters. The molecule has 3 aromatic rings. The van der Waals surface area contributed by atoms with Crippen molar-refractivity contribution in [3.05, 3.63) is 65.2 Å². The number of anilines is 1. The normalized spacial score (nSPS) is 11.6. The number of nitrogens with zero attached hydrogens (tertiary/aromatic N) is 2. The van der Waals surface area contributed by atoms with Crippen molar-refractivity contribution >= 4 is 39.9 Å². The summed E-state index contributed by atoms with van der Waals surface area (Å²) in [5.74, 6) is -0.918. The minimum absolute atomic E-state index is 0.140. The molecule has 0 spiro atoms. The summed E-state index contributed by atoms with van der Waals surface area (Å²) in [5, 5.41) is 14.5. The molecule has 0 aliphatic rings. The molecule has 27 heavy (non-hydrogen) atoms. The van der Waals surface area contributed by atoms with E-state index >= 15 is 0 Å². The van der Waals surface area contributed by atoms with Gasteiger partial charge in [0.05, 0.1) is 6.42 Å². The number of hydrogen-bond acceptors (Lipinski definition) is 6. The van der Waals surface area contributed by atoms with Crippen LogP contribution in [-0.2, 0) is 16.0 Å². The van der Waals surface area contributed by atoms with Gasteiger partial charge in [-0.1, -0.05) is 65.4 Å². The predicted molar refractivity (Wildman–Crippen MR) is 105 cm³/mol. The number of rotatable bonds is 6. The second kappa shape index (κ2) is 8.72. The fourth-order valence-electron chi connectivity index (χ4n) is 2.24. The summed E-state index contributed by atoms with van der Waals surface area (Å²) < 4.78 is 0. The molecule has 3 rings (SSSR count). The summed E-state index contributed by atoms with van der Waals surface area (Å²) in [7, 11) is 0. The minimum Gasteiger partial charge on any atom is -0.332 e. The number of aromatic nitrogens is 2. The van der Waals surface area contributed by atoms with Crippen molar-refractivity contribution in [2.75, 3.05) is 5.32 Å². The predicted octanol–water partition coefficient (Wildman–Crippen LogP) is 2.44. The summed E-state index contributed by atoms with van der Waals surface area (Å²) in [5.41, 5.74) is 7.42. The highest BCUT2D eigenvalue weighted by Crippen LogP contribution is 2.27. The standard InChI is InChI=1S/C18H16ClN5O2S/c19-13-8-6-12(7-9-13)17-23-24-18(27-17)22-16(26)15(20)21-14(25)10-11-4-2-1-3-5-11/h1-9,15H,10,20H2,(H,21,25)(H,22,24,26). The Hall–Kier alpha value is -2.81. The molecule has 9 heteroatoms. The molecule has 0 aliphatic carbocycles. The van der Waals surface area contributed by atoms with E-state index in [9.17, 15) is 9.59 Å². The Morgan fingerprint density at radius 3 is 2.48 bits per heavy atom. The van der Waals surface area contributed by atoms with Crippen LogP contribution in [-0.4, -0.2) is 28.2 Å². The van der Waals surface area contributed by atoms with Gasteiger partial charge in [-0.2, -0.15) is 0 Å². The Kier molecular flexibility index (Phi) is 6.12. The van der Waals surface area contributed by atoms with Gasteiger partial charge in [0.25, 0.3) is 5.91 Å². The Morgan fingerprint density at radius 2 is 1.78 bits per heavy atom. The second-order valence-corrected chi connectivity index (χ2v) is 7.03. The molecule has 2 aromatic carbocycles. The van der Waals surface area contributed by atoms with Crippen molar-refractivity contribution in [3.8, 4) is 10.6 Å². The number of amides is 2. The van der Waals surface area contributed by atoms with Crippen LogP contribution in [0.15, 0.2) is 54.6 Å². The van der Waals surface area contributed by atoms with Gasteiger partial charge >= 0.3 is 0 Å². The van der Waals surface area contributed by atoms with Crippen molar-refractivity contribution in [2.45, 2.75) is 12.6 Å². The summed E-state index contributed by atoms with van der Waals surface area (Å²) in [6.45, 7) is 0. The third-order valence-corrected chi connectivity index (χ3v) is 4.69. The van der Waals surface area contributed by atoms with E-state index in [-0.39, 0.29) is 17.5 Å². The van der Waals surface area contributed by atoms with Crippen LogP contribution in [0, 0.1) is 0 Å². The summed E-state index contributed by atoms with van der Waals surface area (Å²) >= 11 is 7.06. The van der Waals surface area contributed by atoms with Crippen LogP contribution in [0.1, 0.15) is 5.56 Å². The molecule has 1 aromatic heterocycles. The quantitative estimate of drug-likeness (QED) is 0.549. The van der Waals surface area contributed by atoms with E-state index < -0.39 is 12.1 Å². The Balaban J connectivity index is 1.55. The van der Waals surface area contributed by atoms with Crippen LogP contribution in [0.4, 0.5) is 5.13 Å². The van der Waals surface area contributed by atoms with Gasteiger partial charge in [-0.25, -0.2) is 0 Å². The SMILES string of the molecule is NC(NC(=O)Cc1ccccc1)C(=O)Nc1nnc(-c2ccc(Cl)cc2)s1. The van der Waals surface area contributed by atoms with Gasteiger partial charge in [-0.3, -0.25) is 14.9 Å². The Morgan fingerprint density at radius 1 is 1.07 bits per heavy atom. The average molecular weight is 402 g/mol. The smallest absolute Gasteiger partial charge is 0.263 e. The van der Waals surface area contributed by atoms with E-state index in [1.807, 2.05) is 42.5 Å². The first kappa shape index (κ1) is 19.0. The van der Waals surface area contributed by atoms with Crippen LogP contribution in [0.5, 0.6) is 0 Å². The molecular formula is C18H16ClN5O2S. The van der Waals surface area contributed by atoms with E-state index in [2.05, 4.69) is 20.8 Å². The number of benzene rings is 2. The summed E-state index contributed by atoms with van der Waals surface area (Å²) in [6.07, 6.45) is -1.05. The van der Waals surface area contributed by atoms with Crippen LogP contribution in [0.3, 0.4) is 0 Å². The van der Waals surface area contributed by atoms with Crippen LogP contribution in [0.25, 0.3) is 10.6 Å². The number of carbonyl (C=O) groups excluding carboxylic acids is 2. The van der Waals surface area contributed by atoms with Gasteiger partial charge in [0.15, 0.2) is 6.17 Å².